The molecule has 1 atom stereocenters. The molecule has 2 N–H and O–H groups in total. The summed E-state index contributed by atoms with van der Waals surface area (Å²) in [6.07, 6.45) is 2.10. The molecule has 0 bridgehead atoms. The van der Waals surface area contributed by atoms with Gasteiger partial charge in [-0.1, -0.05) is 0 Å². The number of hydrogen-bond acceptors (Lipinski definition) is 2. The second-order valence-corrected chi connectivity index (χ2v) is 5.23. The third kappa shape index (κ3) is 3.04. The van der Waals surface area contributed by atoms with E-state index in [1.54, 1.807) is 0 Å². The number of likely N-dealkylation sites (N-methyl/N-ethyl adjacent to an activating group) is 1. The lowest BCUT2D eigenvalue weighted by Gasteiger charge is -2.34. The summed E-state index contributed by atoms with van der Waals surface area (Å²) in [6.45, 7) is 6.45. The molecule has 2 amide bonds. The summed E-state index contributed by atoms with van der Waals surface area (Å²) in [5, 5.41) is 5.77. The normalized spacial score (nSPS) is 19.7. The fourth-order valence-corrected chi connectivity index (χ4v) is 2.27. The zero-order valence-corrected chi connectivity index (χ0v) is 11.3. The van der Waals surface area contributed by atoms with E-state index in [2.05, 4.69) is 45.5 Å². The van der Waals surface area contributed by atoms with Gasteiger partial charge in [0.25, 0.3) is 0 Å². The Morgan fingerprint density at radius 2 is 2.33 bits per heavy atom. The van der Waals surface area contributed by atoms with Crippen molar-refractivity contribution in [2.75, 3.05) is 13.6 Å². The van der Waals surface area contributed by atoms with Gasteiger partial charge in [-0.05, 0) is 33.0 Å². The predicted molar refractivity (Wildman–Crippen MR) is 71.4 cm³/mol. The van der Waals surface area contributed by atoms with E-state index in [-0.39, 0.29) is 12.1 Å². The summed E-state index contributed by atoms with van der Waals surface area (Å²) < 4.78 is 2.26. The molecule has 0 radical (unpaired) electrons. The average Bonchev–Trinajstić information content (AvgIpc) is 2.71. The van der Waals surface area contributed by atoms with Crippen LogP contribution in [0.15, 0.2) is 18.3 Å². The Labute approximate surface area is 108 Å². The van der Waals surface area contributed by atoms with E-state index in [1.807, 2.05) is 13.8 Å². The molecular weight excluding hydrogens is 228 g/mol. The molecule has 1 aliphatic heterocycles. The molecule has 5 nitrogen and oxygen atoms in total. The molecule has 0 spiro atoms. The lowest BCUT2D eigenvalue weighted by Crippen LogP contribution is -2.49. The van der Waals surface area contributed by atoms with Crippen molar-refractivity contribution in [3.63, 3.8) is 0 Å². The summed E-state index contributed by atoms with van der Waals surface area (Å²) in [6, 6.07) is 4.65. The minimum atomic E-state index is -0.0864. The Morgan fingerprint density at radius 1 is 1.56 bits per heavy atom. The van der Waals surface area contributed by atoms with Crippen LogP contribution >= 0.6 is 0 Å². The molecule has 0 saturated heterocycles. The highest BCUT2D eigenvalue weighted by atomic mass is 16.2. The summed E-state index contributed by atoms with van der Waals surface area (Å²) >= 11 is 0. The van der Waals surface area contributed by atoms with E-state index in [1.165, 1.54) is 5.69 Å². The van der Waals surface area contributed by atoms with Crippen LogP contribution in [0, 0.1) is 0 Å². The number of carbonyl (C=O) groups is 1. The van der Waals surface area contributed by atoms with E-state index in [0.29, 0.717) is 12.6 Å². The number of nitrogens with zero attached hydrogens (tertiary/aromatic N) is 2. The van der Waals surface area contributed by atoms with Crippen molar-refractivity contribution in [2.45, 2.75) is 39.0 Å². The van der Waals surface area contributed by atoms with E-state index in [9.17, 15) is 4.79 Å². The number of fused-ring (bicyclic) bond motifs is 1. The standard InChI is InChI=1S/C13H22N4O/c1-10(2)15-13(18)14-7-12-9-17-6-4-5-11(17)8-16(12)3/h4-6,10,12H,7-9H2,1-3H3,(H2,14,15,18). The first kappa shape index (κ1) is 13.0. The predicted octanol–water partition coefficient (Wildman–Crippen LogP) is 1.01. The van der Waals surface area contributed by atoms with E-state index < -0.39 is 0 Å². The van der Waals surface area contributed by atoms with Crippen LogP contribution in [-0.4, -0.2) is 41.2 Å². The third-order valence-corrected chi connectivity index (χ3v) is 3.28. The summed E-state index contributed by atoms with van der Waals surface area (Å²) in [7, 11) is 2.10. The quantitative estimate of drug-likeness (QED) is 0.841. The van der Waals surface area contributed by atoms with E-state index >= 15 is 0 Å². The van der Waals surface area contributed by atoms with Crippen LogP contribution in [-0.2, 0) is 13.1 Å². The Morgan fingerprint density at radius 3 is 3.06 bits per heavy atom. The van der Waals surface area contributed by atoms with Crippen molar-refractivity contribution in [1.82, 2.24) is 20.1 Å². The van der Waals surface area contributed by atoms with Crippen molar-refractivity contribution < 1.29 is 4.79 Å². The second-order valence-electron chi connectivity index (χ2n) is 5.23. The first-order chi connectivity index (χ1) is 8.56. The lowest BCUT2D eigenvalue weighted by atomic mass is 10.2. The molecule has 0 aliphatic carbocycles. The van der Waals surface area contributed by atoms with Gasteiger partial charge in [-0.25, -0.2) is 4.79 Å². The molecule has 0 saturated carbocycles. The maximum Gasteiger partial charge on any atom is 0.315 e. The number of urea groups is 1. The molecule has 18 heavy (non-hydrogen) atoms. The van der Waals surface area contributed by atoms with Crippen LogP contribution < -0.4 is 10.6 Å². The van der Waals surface area contributed by atoms with Gasteiger partial charge in [0.05, 0.1) is 0 Å². The first-order valence-electron chi connectivity index (χ1n) is 6.45. The topological polar surface area (TPSA) is 49.3 Å². The number of amides is 2. The Hall–Kier alpha value is -1.49. The number of hydrogen-bond donors (Lipinski definition) is 2. The van der Waals surface area contributed by atoms with Crippen molar-refractivity contribution in [1.29, 1.82) is 0 Å². The summed E-state index contributed by atoms with van der Waals surface area (Å²) in [4.78, 5) is 13.8. The Kier molecular flexibility index (Phi) is 3.91. The largest absolute Gasteiger partial charge is 0.349 e. The van der Waals surface area contributed by atoms with Crippen molar-refractivity contribution in [3.05, 3.63) is 24.0 Å². The molecule has 1 aromatic rings. The highest BCUT2D eigenvalue weighted by Gasteiger charge is 2.22. The molecule has 1 aliphatic rings. The first-order valence-corrected chi connectivity index (χ1v) is 6.45. The smallest absolute Gasteiger partial charge is 0.315 e. The summed E-state index contributed by atoms with van der Waals surface area (Å²) in [5.41, 5.74) is 1.33. The minimum Gasteiger partial charge on any atom is -0.349 e. The molecule has 2 rings (SSSR count). The molecule has 1 unspecified atom stereocenters. The second kappa shape index (κ2) is 5.44. The van der Waals surface area contributed by atoms with Gasteiger partial charge < -0.3 is 15.2 Å². The minimum absolute atomic E-state index is 0.0864. The van der Waals surface area contributed by atoms with Crippen LogP contribution in [0.1, 0.15) is 19.5 Å². The molecular formula is C13H22N4O. The Balaban J connectivity index is 1.85. The highest BCUT2D eigenvalue weighted by Crippen LogP contribution is 2.15. The number of carbonyl (C=O) groups excluding carboxylic acids is 1. The van der Waals surface area contributed by atoms with E-state index in [4.69, 9.17) is 0 Å². The van der Waals surface area contributed by atoms with Crippen LogP contribution in [0.4, 0.5) is 4.79 Å². The van der Waals surface area contributed by atoms with Gasteiger partial charge in [0.2, 0.25) is 0 Å². The fourth-order valence-electron chi connectivity index (χ4n) is 2.27. The van der Waals surface area contributed by atoms with Crippen molar-refractivity contribution in [3.8, 4) is 0 Å². The van der Waals surface area contributed by atoms with Gasteiger partial charge in [-0.2, -0.15) is 0 Å². The van der Waals surface area contributed by atoms with Crippen LogP contribution in [0.3, 0.4) is 0 Å². The maximum absolute atomic E-state index is 11.6. The van der Waals surface area contributed by atoms with Gasteiger partial charge in [0.15, 0.2) is 0 Å². The van der Waals surface area contributed by atoms with Crippen molar-refractivity contribution >= 4 is 6.03 Å². The fraction of sp³-hybridized carbons (Fsp3) is 0.615. The monoisotopic (exact) mass is 250 g/mol. The highest BCUT2D eigenvalue weighted by molar-refractivity contribution is 5.74. The van der Waals surface area contributed by atoms with Gasteiger partial charge in [-0.15, -0.1) is 0 Å². The molecule has 0 aromatic carbocycles. The maximum atomic E-state index is 11.6. The SMILES string of the molecule is CC(C)NC(=O)NCC1Cn2cccc2CN1C. The number of aromatic nitrogens is 1. The molecule has 0 fully saturated rings. The average molecular weight is 250 g/mol. The van der Waals surface area contributed by atoms with E-state index in [0.717, 1.165) is 13.1 Å². The lowest BCUT2D eigenvalue weighted by molar-refractivity contribution is 0.172. The number of rotatable bonds is 3. The Bertz CT molecular complexity index is 413. The van der Waals surface area contributed by atoms with Gasteiger partial charge in [-0.3, -0.25) is 4.90 Å². The molecule has 1 aromatic heterocycles. The third-order valence-electron chi connectivity index (χ3n) is 3.28. The zero-order chi connectivity index (χ0) is 13.1. The van der Waals surface area contributed by atoms with Crippen molar-refractivity contribution in [2.24, 2.45) is 0 Å². The number of nitrogens with one attached hydrogen (secondary N) is 2. The van der Waals surface area contributed by atoms with Gasteiger partial charge in [0, 0.05) is 43.6 Å². The van der Waals surface area contributed by atoms with Crippen LogP contribution in [0.25, 0.3) is 0 Å². The zero-order valence-electron chi connectivity index (χ0n) is 11.3. The van der Waals surface area contributed by atoms with Gasteiger partial charge >= 0.3 is 6.03 Å². The molecule has 5 heteroatoms. The van der Waals surface area contributed by atoms with Gasteiger partial charge in [0.1, 0.15) is 0 Å². The van der Waals surface area contributed by atoms with Crippen LogP contribution in [0.5, 0.6) is 0 Å². The van der Waals surface area contributed by atoms with Crippen LogP contribution in [0.2, 0.25) is 0 Å². The molecule has 2 heterocycles. The molecule has 100 valence electrons. The summed E-state index contributed by atoms with van der Waals surface area (Å²) in [5.74, 6) is 0.